The molecule has 1 N–H and O–H groups in total. The van der Waals surface area contributed by atoms with Crippen molar-refractivity contribution in [2.75, 3.05) is 26.3 Å². The normalized spacial score (nSPS) is 23.2. The second-order valence-electron chi connectivity index (χ2n) is 5.93. The highest BCUT2D eigenvalue weighted by molar-refractivity contribution is 7.87. The summed E-state index contributed by atoms with van der Waals surface area (Å²) >= 11 is 0. The van der Waals surface area contributed by atoms with Crippen LogP contribution in [-0.4, -0.2) is 55.0 Å². The van der Waals surface area contributed by atoms with Gasteiger partial charge in [0, 0.05) is 19.3 Å². The number of halogens is 3. The summed E-state index contributed by atoms with van der Waals surface area (Å²) in [6.07, 6.45) is -1.20. The van der Waals surface area contributed by atoms with Gasteiger partial charge in [-0.3, -0.25) is 4.68 Å². The highest BCUT2D eigenvalue weighted by Gasteiger charge is 2.33. The maximum absolute atomic E-state index is 12.5. The lowest BCUT2D eigenvalue weighted by Crippen LogP contribution is -2.48. The van der Waals surface area contributed by atoms with Crippen LogP contribution in [0.3, 0.4) is 0 Å². The van der Waals surface area contributed by atoms with E-state index in [1.807, 2.05) is 0 Å². The van der Waals surface area contributed by atoms with E-state index >= 15 is 0 Å². The Kier molecular flexibility index (Phi) is 4.87. The van der Waals surface area contributed by atoms with Crippen molar-refractivity contribution in [1.29, 1.82) is 0 Å². The minimum Gasteiger partial charge on any atom is -0.379 e. The first-order chi connectivity index (χ1) is 11.2. The molecule has 1 aromatic heterocycles. The van der Waals surface area contributed by atoms with Crippen molar-refractivity contribution in [2.45, 2.75) is 38.0 Å². The van der Waals surface area contributed by atoms with Crippen LogP contribution < -0.4 is 4.72 Å². The van der Waals surface area contributed by atoms with Crippen molar-refractivity contribution in [2.24, 2.45) is 0 Å². The first-order valence-corrected chi connectivity index (χ1v) is 9.17. The van der Waals surface area contributed by atoms with Gasteiger partial charge in [-0.05, 0) is 24.8 Å². The standard InChI is InChI=1S/C13H19F3N4O3S/c14-13(15,16)9-19-8-10-2-1-3-11(12(10)17-19)18-24(21,22)20-4-6-23-7-5-20/h8,11,18H,1-7,9H2. The lowest BCUT2D eigenvalue weighted by Gasteiger charge is -2.29. The predicted molar refractivity (Wildman–Crippen MR) is 78.4 cm³/mol. The summed E-state index contributed by atoms with van der Waals surface area (Å²) in [6, 6.07) is -0.601. The maximum atomic E-state index is 12.5. The molecule has 1 atom stereocenters. The Hall–Kier alpha value is -1.17. The third-order valence-electron chi connectivity index (χ3n) is 4.08. The Morgan fingerprint density at radius 3 is 2.71 bits per heavy atom. The molecule has 3 rings (SSSR count). The summed E-state index contributed by atoms with van der Waals surface area (Å²) in [5, 5.41) is 3.97. The van der Waals surface area contributed by atoms with Gasteiger partial charge in [-0.2, -0.15) is 35.7 Å². The lowest BCUT2D eigenvalue weighted by atomic mass is 9.94. The second kappa shape index (κ2) is 6.62. The van der Waals surface area contributed by atoms with Gasteiger partial charge in [0.1, 0.15) is 6.54 Å². The zero-order valence-electron chi connectivity index (χ0n) is 12.9. The quantitative estimate of drug-likeness (QED) is 0.860. The first-order valence-electron chi connectivity index (χ1n) is 7.73. The summed E-state index contributed by atoms with van der Waals surface area (Å²) in [6.45, 7) is 0.00581. The lowest BCUT2D eigenvalue weighted by molar-refractivity contribution is -0.142. The number of hydrogen-bond acceptors (Lipinski definition) is 4. The van der Waals surface area contributed by atoms with Gasteiger partial charge in [-0.1, -0.05) is 0 Å². The Morgan fingerprint density at radius 2 is 2.04 bits per heavy atom. The number of fused-ring (bicyclic) bond motifs is 1. The SMILES string of the molecule is O=S(=O)(NC1CCCc2cn(CC(F)(F)F)nc21)N1CCOCC1. The van der Waals surface area contributed by atoms with Crippen LogP contribution in [0.25, 0.3) is 0 Å². The summed E-state index contributed by atoms with van der Waals surface area (Å²) in [5.41, 5.74) is 1.06. The Balaban J connectivity index is 1.76. The molecule has 1 aromatic rings. The summed E-state index contributed by atoms with van der Waals surface area (Å²) in [7, 11) is -3.72. The molecule has 0 aromatic carbocycles. The second-order valence-corrected chi connectivity index (χ2v) is 7.63. The van der Waals surface area contributed by atoms with E-state index < -0.39 is 29.0 Å². The van der Waals surface area contributed by atoms with Gasteiger partial charge >= 0.3 is 6.18 Å². The van der Waals surface area contributed by atoms with Crippen LogP contribution in [0.2, 0.25) is 0 Å². The molecule has 11 heteroatoms. The van der Waals surface area contributed by atoms with Gasteiger partial charge in [0.25, 0.3) is 10.2 Å². The average Bonchev–Trinajstić information content (AvgIpc) is 2.89. The molecular weight excluding hydrogens is 349 g/mol. The van der Waals surface area contributed by atoms with Crippen LogP contribution in [0.15, 0.2) is 6.20 Å². The van der Waals surface area contributed by atoms with Crippen LogP contribution in [0.5, 0.6) is 0 Å². The number of rotatable bonds is 4. The summed E-state index contributed by atoms with van der Waals surface area (Å²) in [5.74, 6) is 0. The Morgan fingerprint density at radius 1 is 1.33 bits per heavy atom. The zero-order valence-corrected chi connectivity index (χ0v) is 13.7. The molecular formula is C13H19F3N4O3S. The predicted octanol–water partition coefficient (Wildman–Crippen LogP) is 0.989. The molecule has 0 amide bonds. The smallest absolute Gasteiger partial charge is 0.379 e. The van der Waals surface area contributed by atoms with E-state index in [0.29, 0.717) is 43.7 Å². The maximum Gasteiger partial charge on any atom is 0.408 e. The van der Waals surface area contributed by atoms with Gasteiger partial charge in [-0.25, -0.2) is 0 Å². The number of nitrogens with one attached hydrogen (secondary N) is 1. The highest BCUT2D eigenvalue weighted by Crippen LogP contribution is 2.30. The van der Waals surface area contributed by atoms with Crippen LogP contribution in [0.1, 0.15) is 30.1 Å². The monoisotopic (exact) mass is 368 g/mol. The van der Waals surface area contributed by atoms with Crippen molar-refractivity contribution < 1.29 is 26.3 Å². The fourth-order valence-electron chi connectivity index (χ4n) is 3.02. The van der Waals surface area contributed by atoms with Crippen molar-refractivity contribution >= 4 is 10.2 Å². The van der Waals surface area contributed by atoms with E-state index in [1.165, 1.54) is 10.5 Å². The fraction of sp³-hybridized carbons (Fsp3) is 0.769. The van der Waals surface area contributed by atoms with E-state index in [2.05, 4.69) is 9.82 Å². The molecule has 1 unspecified atom stereocenters. The van der Waals surface area contributed by atoms with Gasteiger partial charge in [0.2, 0.25) is 0 Å². The van der Waals surface area contributed by atoms with E-state index in [4.69, 9.17) is 4.74 Å². The molecule has 0 bridgehead atoms. The number of aryl methyl sites for hydroxylation is 1. The van der Waals surface area contributed by atoms with Crippen molar-refractivity contribution in [3.05, 3.63) is 17.5 Å². The number of hydrogen-bond donors (Lipinski definition) is 1. The molecule has 2 heterocycles. The van der Waals surface area contributed by atoms with Gasteiger partial charge in [-0.15, -0.1) is 0 Å². The molecule has 2 aliphatic rings. The molecule has 0 saturated carbocycles. The largest absolute Gasteiger partial charge is 0.408 e. The number of alkyl halides is 3. The summed E-state index contributed by atoms with van der Waals surface area (Å²) in [4.78, 5) is 0. The highest BCUT2D eigenvalue weighted by atomic mass is 32.2. The first kappa shape index (κ1) is 17.6. The van der Waals surface area contributed by atoms with Gasteiger partial charge in [0.05, 0.1) is 24.9 Å². The number of aromatic nitrogens is 2. The molecule has 1 fully saturated rings. The van der Waals surface area contributed by atoms with Crippen LogP contribution >= 0.6 is 0 Å². The molecule has 1 aliphatic heterocycles. The zero-order chi connectivity index (χ0) is 17.4. The fourth-order valence-corrected chi connectivity index (χ4v) is 4.39. The molecule has 0 spiro atoms. The van der Waals surface area contributed by atoms with E-state index in [0.717, 1.165) is 4.68 Å². The molecule has 136 valence electrons. The molecule has 7 nitrogen and oxygen atoms in total. The minimum atomic E-state index is -4.36. The molecule has 24 heavy (non-hydrogen) atoms. The van der Waals surface area contributed by atoms with Gasteiger partial charge in [0.15, 0.2) is 0 Å². The topological polar surface area (TPSA) is 76.5 Å². The van der Waals surface area contributed by atoms with Crippen LogP contribution in [0, 0.1) is 0 Å². The average molecular weight is 368 g/mol. The van der Waals surface area contributed by atoms with Crippen molar-refractivity contribution in [3.63, 3.8) is 0 Å². The summed E-state index contributed by atoms with van der Waals surface area (Å²) < 4.78 is 72.3. The van der Waals surface area contributed by atoms with E-state index in [9.17, 15) is 21.6 Å². The third kappa shape index (κ3) is 4.08. The van der Waals surface area contributed by atoms with Crippen LogP contribution in [0.4, 0.5) is 13.2 Å². The molecule has 1 saturated heterocycles. The number of ether oxygens (including phenoxy) is 1. The number of morpholine rings is 1. The van der Waals surface area contributed by atoms with Crippen LogP contribution in [-0.2, 0) is 27.9 Å². The number of nitrogens with zero attached hydrogens (tertiary/aromatic N) is 3. The third-order valence-corrected chi connectivity index (χ3v) is 5.71. The Labute approximate surface area is 137 Å². The molecule has 0 radical (unpaired) electrons. The minimum absolute atomic E-state index is 0.261. The van der Waals surface area contributed by atoms with Crippen molar-refractivity contribution in [3.8, 4) is 0 Å². The van der Waals surface area contributed by atoms with E-state index in [1.54, 1.807) is 0 Å². The van der Waals surface area contributed by atoms with E-state index in [-0.39, 0.29) is 13.1 Å². The van der Waals surface area contributed by atoms with Crippen molar-refractivity contribution in [1.82, 2.24) is 18.8 Å². The molecule has 1 aliphatic carbocycles. The van der Waals surface area contributed by atoms with Gasteiger partial charge < -0.3 is 4.74 Å². The Bertz CT molecular complexity index is 683.